The van der Waals surface area contributed by atoms with Gasteiger partial charge in [0.15, 0.2) is 0 Å². The minimum absolute atomic E-state index is 0.000948. The highest BCUT2D eigenvalue weighted by Gasteiger charge is 2.63. The Morgan fingerprint density at radius 3 is 1.48 bits per heavy atom. The summed E-state index contributed by atoms with van der Waals surface area (Å²) in [6.45, 7) is 14.3. The first-order valence-corrected chi connectivity index (χ1v) is 23.0. The molecule has 2 amide bonds. The molecule has 0 radical (unpaired) electrons. The lowest BCUT2D eigenvalue weighted by molar-refractivity contribution is -0.172. The van der Waals surface area contributed by atoms with Gasteiger partial charge in [0.1, 0.15) is 0 Å². The normalized spacial score (nSPS) is 44.8. The molecule has 0 aromatic rings. The molecule has 0 aromatic heterocycles. The van der Waals surface area contributed by atoms with Gasteiger partial charge >= 0.3 is 28.0 Å². The van der Waals surface area contributed by atoms with Crippen LogP contribution in [0.4, 0.5) is 0 Å². The summed E-state index contributed by atoms with van der Waals surface area (Å²) in [5, 5.41) is 6.33. The van der Waals surface area contributed by atoms with Crippen molar-refractivity contribution >= 4 is 39.8 Å². The van der Waals surface area contributed by atoms with Gasteiger partial charge < -0.3 is 19.6 Å². The van der Waals surface area contributed by atoms with E-state index in [1.54, 1.807) is 32.9 Å². The number of fused-ring (bicyclic) bond motifs is 10. The summed E-state index contributed by atoms with van der Waals surface area (Å²) in [5.41, 5.74) is -1.01. The van der Waals surface area contributed by atoms with E-state index in [9.17, 15) is 32.4 Å². The van der Waals surface area contributed by atoms with Gasteiger partial charge in [-0.1, -0.05) is 39.8 Å². The molecule has 6 fully saturated rings. The van der Waals surface area contributed by atoms with E-state index in [-0.39, 0.29) is 63.4 Å². The van der Waals surface area contributed by atoms with Crippen LogP contribution in [-0.2, 0) is 43.0 Å². The highest BCUT2D eigenvalue weighted by molar-refractivity contribution is 7.86. The third-order valence-corrected chi connectivity index (χ3v) is 17.4. The van der Waals surface area contributed by atoms with Crippen LogP contribution >= 0.6 is 0 Å². The van der Waals surface area contributed by atoms with Gasteiger partial charge in [0.05, 0.1) is 23.5 Å². The molecule has 10 unspecified atom stereocenters. The predicted octanol–water partition coefficient (Wildman–Crippen LogP) is 6.42. The number of carbonyl (C=O) groups is 5. The fourth-order valence-corrected chi connectivity index (χ4v) is 14.4. The molecule has 56 heavy (non-hydrogen) atoms. The number of nitrogens with one attached hydrogen (secondary N) is 2. The number of ether oxygens (including phenoxy) is 1. The maximum Gasteiger partial charge on any atom is 0.325 e. The highest BCUT2D eigenvalue weighted by Crippen LogP contribution is 2.66. The van der Waals surface area contributed by atoms with Crippen molar-refractivity contribution in [1.29, 1.82) is 0 Å². The van der Waals surface area contributed by atoms with Crippen LogP contribution < -0.4 is 10.6 Å². The Morgan fingerprint density at radius 2 is 1.07 bits per heavy atom. The summed E-state index contributed by atoms with van der Waals surface area (Å²) in [7, 11) is -3.78. The first-order chi connectivity index (χ1) is 26.0. The molecule has 8 aliphatic rings. The molecule has 6 saturated carbocycles. The minimum atomic E-state index is -3.78. The van der Waals surface area contributed by atoms with Crippen molar-refractivity contribution in [3.05, 3.63) is 24.3 Å². The van der Waals surface area contributed by atoms with Gasteiger partial charge in [-0.25, -0.2) is 0 Å². The zero-order chi connectivity index (χ0) is 40.8. The summed E-state index contributed by atoms with van der Waals surface area (Å²) < 4.78 is 33.0. The van der Waals surface area contributed by atoms with Crippen LogP contribution in [0.1, 0.15) is 126 Å². The quantitative estimate of drug-likeness (QED) is 0.187. The molecule has 0 saturated heterocycles. The minimum Gasteiger partial charge on any atom is -0.393 e. The monoisotopic (exact) mass is 796 g/mol. The first-order valence-electron chi connectivity index (χ1n) is 21.2. The van der Waals surface area contributed by atoms with E-state index >= 15 is 0 Å². The molecule has 0 aromatic carbocycles. The van der Waals surface area contributed by atoms with Crippen molar-refractivity contribution in [1.82, 2.24) is 10.6 Å². The molecule has 0 spiro atoms. The van der Waals surface area contributed by atoms with Crippen molar-refractivity contribution in [2.75, 3.05) is 6.26 Å². The molecule has 11 nitrogen and oxygen atoms in total. The lowest BCUT2D eigenvalue weighted by Crippen LogP contribution is -2.59. The Balaban J connectivity index is 0.000000172. The predicted molar refractivity (Wildman–Crippen MR) is 209 cm³/mol. The van der Waals surface area contributed by atoms with Crippen LogP contribution in [-0.4, -0.2) is 56.5 Å². The van der Waals surface area contributed by atoms with E-state index in [0.29, 0.717) is 41.9 Å². The number of carbonyl (C=O) groups excluding carboxylic acids is 5. The van der Waals surface area contributed by atoms with Gasteiger partial charge in [-0.3, -0.25) is 24.0 Å². The van der Waals surface area contributed by atoms with Crippen molar-refractivity contribution in [2.24, 2.45) is 74.4 Å². The number of hydrogen-bond donors (Lipinski definition) is 2. The number of amides is 2. The third-order valence-electron chi connectivity index (χ3n) is 17.0. The highest BCUT2D eigenvalue weighted by atomic mass is 32.2. The zero-order valence-electron chi connectivity index (χ0n) is 34.7. The van der Waals surface area contributed by atoms with E-state index in [1.165, 1.54) is 0 Å². The summed E-state index contributed by atoms with van der Waals surface area (Å²) in [5.74, 6) is 1.12. The average Bonchev–Trinajstić information content (AvgIpc) is 3.65. The van der Waals surface area contributed by atoms with Crippen LogP contribution in [0.5, 0.6) is 0 Å². The van der Waals surface area contributed by atoms with Crippen LogP contribution in [0.15, 0.2) is 24.3 Å². The molecule has 0 bridgehead atoms. The molecule has 2 N–H and O–H groups in total. The third kappa shape index (κ3) is 6.89. The summed E-state index contributed by atoms with van der Waals surface area (Å²) in [6.07, 6.45) is 20.1. The lowest BCUT2D eigenvalue weighted by atomic mass is 9.48. The molecule has 14 atom stereocenters. The van der Waals surface area contributed by atoms with Crippen molar-refractivity contribution in [3.8, 4) is 0 Å². The molecular formula is C44H64N2O9S. The van der Waals surface area contributed by atoms with Gasteiger partial charge in [0.2, 0.25) is 11.8 Å². The smallest absolute Gasteiger partial charge is 0.325 e. The molecule has 310 valence electrons. The maximum absolute atomic E-state index is 12.9. The summed E-state index contributed by atoms with van der Waals surface area (Å²) in [6, 6.07) is 0.408. The number of hydrogen-bond acceptors (Lipinski definition) is 9. The standard InChI is InChI=1S/C24H35NO4.C20H29NO5S/c1-22(2,3)21(28)29-20(27)17-8-7-15-14-6-9-18-24(5,13-11-19(26)25-18)16(14)10-12-23(15,17)4;1-19-10-8-14-12(4-7-16-20(14,2)11-9-17(22)21-16)13(19)5-6-15(19)18(23)26-27(3,24)25/h11,13-18H,6-10,12H2,1-5H3,(H,25,26);9,11-16H,4-8,10H2,1-3H3,(H,21,22)/t14?,15?,16?,17?,18?,23-,24+;12?,13?,14?,15?,16?,19-,20+/m00/s1. The molecule has 2 aliphatic heterocycles. The Hall–Kier alpha value is -3.02. The van der Waals surface area contributed by atoms with Gasteiger partial charge in [0.25, 0.3) is 0 Å². The number of rotatable bonds is 3. The molecule has 6 aliphatic carbocycles. The van der Waals surface area contributed by atoms with Gasteiger partial charge in [-0.15, -0.1) is 0 Å². The van der Waals surface area contributed by atoms with E-state index < -0.39 is 27.5 Å². The van der Waals surface area contributed by atoms with Crippen molar-refractivity contribution < 1.29 is 41.3 Å². The zero-order valence-corrected chi connectivity index (χ0v) is 35.5. The summed E-state index contributed by atoms with van der Waals surface area (Å²) >= 11 is 0. The van der Waals surface area contributed by atoms with E-state index in [2.05, 4.69) is 50.5 Å². The van der Waals surface area contributed by atoms with Gasteiger partial charge in [-0.05, 0) is 156 Å². The van der Waals surface area contributed by atoms with Gasteiger partial charge in [-0.2, -0.15) is 8.42 Å². The fraction of sp³-hybridized carbons (Fsp3) is 0.795. The van der Waals surface area contributed by atoms with Crippen LogP contribution in [0.2, 0.25) is 0 Å². The second-order valence-corrected chi connectivity index (χ2v) is 22.4. The van der Waals surface area contributed by atoms with Crippen LogP contribution in [0.3, 0.4) is 0 Å². The first kappa shape index (κ1) is 41.2. The number of esters is 2. The van der Waals surface area contributed by atoms with Crippen LogP contribution in [0, 0.1) is 74.4 Å². The van der Waals surface area contributed by atoms with Gasteiger partial charge in [0, 0.05) is 22.9 Å². The fourth-order valence-electron chi connectivity index (χ4n) is 14.0. The average molecular weight is 797 g/mol. The largest absolute Gasteiger partial charge is 0.393 e. The maximum atomic E-state index is 12.9. The summed E-state index contributed by atoms with van der Waals surface area (Å²) in [4.78, 5) is 61.4. The molecule has 2 heterocycles. The van der Waals surface area contributed by atoms with Crippen LogP contribution in [0.25, 0.3) is 0 Å². The second kappa shape index (κ2) is 14.1. The van der Waals surface area contributed by atoms with Crippen molar-refractivity contribution in [2.45, 2.75) is 138 Å². The van der Waals surface area contributed by atoms with E-state index in [0.717, 1.165) is 76.9 Å². The Morgan fingerprint density at radius 1 is 0.643 bits per heavy atom. The molecule has 12 heteroatoms. The Bertz CT molecular complexity index is 1830. The molecular weight excluding hydrogens is 733 g/mol. The van der Waals surface area contributed by atoms with E-state index in [1.807, 2.05) is 0 Å². The van der Waals surface area contributed by atoms with E-state index in [4.69, 9.17) is 8.92 Å². The Kier molecular flexibility index (Phi) is 10.3. The lowest BCUT2D eigenvalue weighted by Gasteiger charge is -2.58. The van der Waals surface area contributed by atoms with Crippen molar-refractivity contribution in [3.63, 3.8) is 0 Å². The topological polar surface area (TPSA) is 162 Å². The second-order valence-electron chi connectivity index (χ2n) is 20.8. The molecule has 8 rings (SSSR count). The SMILES string of the molecule is CC(C)(C)C(=O)OC(=O)C1CCC2C3CCC4NC(=O)C=C[C@]4(C)C3CC[C@]12C.C[C@]12C=CC(=O)NC1CCC1C2CC[C@]2(C)C(C(=O)OS(C)(=O)=O)CCC12. The Labute approximate surface area is 333 Å².